The Morgan fingerprint density at radius 1 is 1.20 bits per heavy atom. The Morgan fingerprint density at radius 2 is 1.95 bits per heavy atom. The van der Waals surface area contributed by atoms with E-state index in [-0.39, 0.29) is 24.9 Å². The summed E-state index contributed by atoms with van der Waals surface area (Å²) >= 11 is 5.84. The van der Waals surface area contributed by atoms with E-state index in [9.17, 15) is 9.59 Å². The highest BCUT2D eigenvalue weighted by molar-refractivity contribution is 6.30. The summed E-state index contributed by atoms with van der Waals surface area (Å²) < 4.78 is 0. The molecule has 0 atom stereocenters. The van der Waals surface area contributed by atoms with Crippen LogP contribution in [0.5, 0.6) is 0 Å². The van der Waals surface area contributed by atoms with Crippen molar-refractivity contribution >= 4 is 29.1 Å². The predicted octanol–water partition coefficient (Wildman–Crippen LogP) is 1.49. The van der Waals surface area contributed by atoms with Crippen molar-refractivity contribution < 1.29 is 9.59 Å². The van der Waals surface area contributed by atoms with Gasteiger partial charge < -0.3 is 15.5 Å². The molecule has 0 radical (unpaired) electrons. The highest BCUT2D eigenvalue weighted by Crippen LogP contribution is 2.14. The van der Waals surface area contributed by atoms with Crippen molar-refractivity contribution in [3.8, 4) is 0 Å². The molecule has 0 unspecified atom stereocenters. The zero-order valence-electron chi connectivity index (χ0n) is 11.2. The minimum absolute atomic E-state index is 0.0152. The number of likely N-dealkylation sites (tertiary alicyclic amines) is 1. The van der Waals surface area contributed by atoms with E-state index >= 15 is 0 Å². The van der Waals surface area contributed by atoms with E-state index in [2.05, 4.69) is 10.6 Å². The topological polar surface area (TPSA) is 61.4 Å². The van der Waals surface area contributed by atoms with Crippen LogP contribution in [0, 0.1) is 0 Å². The van der Waals surface area contributed by atoms with Crippen molar-refractivity contribution in [2.45, 2.75) is 12.8 Å². The molecule has 20 heavy (non-hydrogen) atoms. The summed E-state index contributed by atoms with van der Waals surface area (Å²) in [5.41, 5.74) is 0.776. The van der Waals surface area contributed by atoms with Gasteiger partial charge in [0.25, 0.3) is 0 Å². The highest BCUT2D eigenvalue weighted by atomic mass is 35.5. The number of amides is 2. The van der Waals surface area contributed by atoms with E-state index in [1.807, 2.05) is 6.07 Å². The lowest BCUT2D eigenvalue weighted by Gasteiger charge is -2.15. The molecular weight excluding hydrogens is 278 g/mol. The first-order valence-electron chi connectivity index (χ1n) is 6.69. The van der Waals surface area contributed by atoms with Crippen LogP contribution in [0.1, 0.15) is 12.8 Å². The molecule has 2 amide bonds. The summed E-state index contributed by atoms with van der Waals surface area (Å²) in [7, 11) is 0. The standard InChI is InChI=1S/C14H18ClN3O2/c15-11-4-3-5-12(8-11)16-9-13(19)17-10-14(20)18-6-1-2-7-18/h3-5,8,16H,1-2,6-7,9-10H2,(H,17,19). The molecular formula is C14H18ClN3O2. The normalized spacial score (nSPS) is 14.2. The molecule has 2 rings (SSSR count). The minimum atomic E-state index is -0.211. The molecule has 1 saturated heterocycles. The van der Waals surface area contributed by atoms with Crippen LogP contribution in [0.25, 0.3) is 0 Å². The lowest BCUT2D eigenvalue weighted by Crippen LogP contribution is -2.40. The maximum absolute atomic E-state index is 11.7. The molecule has 0 bridgehead atoms. The number of carbonyl (C=O) groups is 2. The maximum Gasteiger partial charge on any atom is 0.241 e. The number of halogens is 1. The van der Waals surface area contributed by atoms with Gasteiger partial charge in [-0.2, -0.15) is 0 Å². The molecule has 2 N–H and O–H groups in total. The predicted molar refractivity (Wildman–Crippen MR) is 78.8 cm³/mol. The second-order valence-electron chi connectivity index (χ2n) is 4.73. The maximum atomic E-state index is 11.7. The zero-order chi connectivity index (χ0) is 14.4. The molecule has 0 aliphatic carbocycles. The van der Waals surface area contributed by atoms with Crippen molar-refractivity contribution in [2.75, 3.05) is 31.5 Å². The molecule has 1 heterocycles. The molecule has 5 nitrogen and oxygen atoms in total. The summed E-state index contributed by atoms with van der Waals surface area (Å²) in [5.74, 6) is -0.226. The molecule has 1 aromatic carbocycles. The summed E-state index contributed by atoms with van der Waals surface area (Å²) in [6.45, 7) is 1.79. The lowest BCUT2D eigenvalue weighted by atomic mass is 10.3. The molecule has 1 aliphatic rings. The zero-order valence-corrected chi connectivity index (χ0v) is 11.9. The van der Waals surface area contributed by atoms with Crippen molar-refractivity contribution in [1.82, 2.24) is 10.2 Å². The van der Waals surface area contributed by atoms with E-state index in [0.29, 0.717) is 5.02 Å². The van der Waals surface area contributed by atoms with Crippen molar-refractivity contribution in [3.63, 3.8) is 0 Å². The average molecular weight is 296 g/mol. The quantitative estimate of drug-likeness (QED) is 0.865. The fourth-order valence-corrected chi connectivity index (χ4v) is 2.29. The van der Waals surface area contributed by atoms with Gasteiger partial charge in [0.1, 0.15) is 0 Å². The third-order valence-corrected chi connectivity index (χ3v) is 3.41. The summed E-state index contributed by atoms with van der Waals surface area (Å²) in [5, 5.41) is 6.19. The van der Waals surface area contributed by atoms with Crippen LogP contribution in [0.4, 0.5) is 5.69 Å². The van der Waals surface area contributed by atoms with Crippen LogP contribution in [0.2, 0.25) is 5.02 Å². The summed E-state index contributed by atoms with van der Waals surface area (Å²) in [6.07, 6.45) is 2.10. The van der Waals surface area contributed by atoms with Gasteiger partial charge in [-0.3, -0.25) is 9.59 Å². The smallest absolute Gasteiger partial charge is 0.241 e. The van der Waals surface area contributed by atoms with Crippen molar-refractivity contribution in [2.24, 2.45) is 0 Å². The second-order valence-corrected chi connectivity index (χ2v) is 5.16. The number of hydrogen-bond acceptors (Lipinski definition) is 3. The molecule has 0 saturated carbocycles. The van der Waals surface area contributed by atoms with Gasteiger partial charge in [0.15, 0.2) is 0 Å². The third-order valence-electron chi connectivity index (χ3n) is 3.17. The van der Waals surface area contributed by atoms with Crippen LogP contribution in [-0.2, 0) is 9.59 Å². The number of nitrogens with zero attached hydrogens (tertiary/aromatic N) is 1. The van der Waals surface area contributed by atoms with Gasteiger partial charge in [0.2, 0.25) is 11.8 Å². The Balaban J connectivity index is 1.69. The fraction of sp³-hybridized carbons (Fsp3) is 0.429. The van der Waals surface area contributed by atoms with Crippen LogP contribution in [-0.4, -0.2) is 42.9 Å². The Hall–Kier alpha value is -1.75. The molecule has 0 spiro atoms. The van der Waals surface area contributed by atoms with Gasteiger partial charge in [-0.05, 0) is 31.0 Å². The third kappa shape index (κ3) is 4.42. The molecule has 108 valence electrons. The first-order chi connectivity index (χ1) is 9.65. The van der Waals surface area contributed by atoms with E-state index in [1.165, 1.54) is 0 Å². The largest absolute Gasteiger partial charge is 0.376 e. The lowest BCUT2D eigenvalue weighted by molar-refractivity contribution is -0.131. The number of benzene rings is 1. The fourth-order valence-electron chi connectivity index (χ4n) is 2.10. The Bertz CT molecular complexity index is 487. The van der Waals surface area contributed by atoms with E-state index < -0.39 is 0 Å². The van der Waals surface area contributed by atoms with E-state index in [4.69, 9.17) is 11.6 Å². The minimum Gasteiger partial charge on any atom is -0.376 e. The second kappa shape index (κ2) is 7.14. The van der Waals surface area contributed by atoms with Crippen LogP contribution >= 0.6 is 11.6 Å². The van der Waals surface area contributed by atoms with Crippen LogP contribution < -0.4 is 10.6 Å². The van der Waals surface area contributed by atoms with Crippen LogP contribution in [0.15, 0.2) is 24.3 Å². The Labute approximate surface area is 123 Å². The van der Waals surface area contributed by atoms with E-state index in [1.54, 1.807) is 23.1 Å². The SMILES string of the molecule is O=C(CNc1cccc(Cl)c1)NCC(=O)N1CCCC1. The monoisotopic (exact) mass is 295 g/mol. The van der Waals surface area contributed by atoms with Gasteiger partial charge >= 0.3 is 0 Å². The Kier molecular flexibility index (Phi) is 5.24. The molecule has 1 aliphatic heterocycles. The number of carbonyl (C=O) groups excluding carboxylic acids is 2. The van der Waals surface area contributed by atoms with Crippen LogP contribution in [0.3, 0.4) is 0 Å². The highest BCUT2D eigenvalue weighted by Gasteiger charge is 2.17. The summed E-state index contributed by atoms with van der Waals surface area (Å²) in [6, 6.07) is 7.14. The first kappa shape index (κ1) is 14.7. The van der Waals surface area contributed by atoms with E-state index in [0.717, 1.165) is 31.6 Å². The average Bonchev–Trinajstić information content (AvgIpc) is 2.97. The van der Waals surface area contributed by atoms with Crippen molar-refractivity contribution in [1.29, 1.82) is 0 Å². The number of hydrogen-bond donors (Lipinski definition) is 2. The molecule has 6 heteroatoms. The van der Waals surface area contributed by atoms with Gasteiger partial charge in [-0.15, -0.1) is 0 Å². The number of anilines is 1. The molecule has 1 aromatic rings. The number of nitrogens with one attached hydrogen (secondary N) is 2. The van der Waals surface area contributed by atoms with Gasteiger partial charge in [-0.25, -0.2) is 0 Å². The number of rotatable bonds is 5. The van der Waals surface area contributed by atoms with Gasteiger partial charge in [0.05, 0.1) is 13.1 Å². The van der Waals surface area contributed by atoms with Gasteiger partial charge in [0, 0.05) is 23.8 Å². The Morgan fingerprint density at radius 3 is 2.65 bits per heavy atom. The molecule has 1 fully saturated rings. The van der Waals surface area contributed by atoms with Gasteiger partial charge in [-0.1, -0.05) is 17.7 Å². The summed E-state index contributed by atoms with van der Waals surface area (Å²) in [4.78, 5) is 25.2. The first-order valence-corrected chi connectivity index (χ1v) is 7.07. The van der Waals surface area contributed by atoms with Crippen molar-refractivity contribution in [3.05, 3.63) is 29.3 Å². The molecule has 0 aromatic heterocycles.